The standard InChI is InChI=1S/C15H18ClN7O7S.C2H6/c1-7-6-29-21-12(30-7)10-11(16)20-23(2)13(10)31(25,26)22-15(24)19-14-17-8(27-3)5-9(18-14)28-4;1-2/h5,7H,6H2,1-4H3,(H2,17,18,19,22,24);1-2H3. The predicted octanol–water partition coefficient (Wildman–Crippen LogP) is 1.51. The van der Waals surface area contributed by atoms with Crippen molar-refractivity contribution in [3.05, 3.63) is 16.8 Å². The van der Waals surface area contributed by atoms with Gasteiger partial charge >= 0.3 is 6.03 Å². The number of carbonyl (C=O) groups is 1. The van der Waals surface area contributed by atoms with Gasteiger partial charge in [0.25, 0.3) is 15.9 Å². The first-order valence-electron chi connectivity index (χ1n) is 9.55. The smallest absolute Gasteiger partial charge is 0.335 e. The molecule has 1 atom stereocenters. The fourth-order valence-corrected chi connectivity index (χ4v) is 4.06. The molecule has 1 aliphatic rings. The zero-order valence-electron chi connectivity index (χ0n) is 18.7. The van der Waals surface area contributed by atoms with Gasteiger partial charge in [-0.2, -0.15) is 23.5 Å². The maximum absolute atomic E-state index is 12.9. The van der Waals surface area contributed by atoms with E-state index in [2.05, 4.69) is 25.5 Å². The Balaban J connectivity index is 0.00000187. The molecular weight excluding hydrogens is 482 g/mol. The highest BCUT2D eigenvalue weighted by Crippen LogP contribution is 2.26. The van der Waals surface area contributed by atoms with E-state index in [1.807, 2.05) is 18.6 Å². The number of amides is 2. The van der Waals surface area contributed by atoms with Gasteiger partial charge in [-0.1, -0.05) is 25.4 Å². The van der Waals surface area contributed by atoms with Crippen LogP contribution in [0.15, 0.2) is 16.2 Å². The van der Waals surface area contributed by atoms with Crippen LogP contribution < -0.4 is 19.5 Å². The molecule has 33 heavy (non-hydrogen) atoms. The number of sulfonamides is 1. The minimum Gasteiger partial charge on any atom is -0.481 e. The summed E-state index contributed by atoms with van der Waals surface area (Å²) in [7, 11) is -0.471. The van der Waals surface area contributed by atoms with Crippen molar-refractivity contribution in [2.45, 2.75) is 31.9 Å². The van der Waals surface area contributed by atoms with Gasteiger partial charge < -0.3 is 19.0 Å². The van der Waals surface area contributed by atoms with Crippen LogP contribution >= 0.6 is 11.6 Å². The largest absolute Gasteiger partial charge is 0.481 e. The lowest BCUT2D eigenvalue weighted by molar-refractivity contribution is 0.0194. The van der Waals surface area contributed by atoms with Crippen LogP contribution in [0, 0.1) is 0 Å². The van der Waals surface area contributed by atoms with Crippen LogP contribution in [0.4, 0.5) is 10.7 Å². The zero-order chi connectivity index (χ0) is 24.8. The maximum atomic E-state index is 12.9. The van der Waals surface area contributed by atoms with Crippen LogP contribution in [-0.2, 0) is 26.6 Å². The molecule has 14 nitrogen and oxygen atoms in total. The van der Waals surface area contributed by atoms with E-state index in [1.54, 1.807) is 6.92 Å². The second kappa shape index (κ2) is 11.0. The van der Waals surface area contributed by atoms with E-state index in [1.165, 1.54) is 27.3 Å². The summed E-state index contributed by atoms with van der Waals surface area (Å²) in [5, 5.41) is 9.09. The third-order valence-corrected chi connectivity index (χ3v) is 5.44. The van der Waals surface area contributed by atoms with Gasteiger partial charge in [0.2, 0.25) is 17.7 Å². The number of aryl methyl sites for hydroxylation is 1. The van der Waals surface area contributed by atoms with E-state index in [9.17, 15) is 13.2 Å². The summed E-state index contributed by atoms with van der Waals surface area (Å²) in [6.45, 7) is 5.87. The fourth-order valence-electron chi connectivity index (χ4n) is 2.48. The average molecular weight is 506 g/mol. The van der Waals surface area contributed by atoms with E-state index < -0.39 is 27.2 Å². The number of hydrogen-bond acceptors (Lipinski definition) is 11. The first-order valence-corrected chi connectivity index (χ1v) is 11.4. The Labute approximate surface area is 195 Å². The predicted molar refractivity (Wildman–Crippen MR) is 117 cm³/mol. The van der Waals surface area contributed by atoms with E-state index >= 15 is 0 Å². The van der Waals surface area contributed by atoms with E-state index in [0.29, 0.717) is 0 Å². The van der Waals surface area contributed by atoms with Crippen LogP contribution in [0.3, 0.4) is 0 Å². The number of carbonyl (C=O) groups excluding carboxylic acids is 1. The Morgan fingerprint density at radius 3 is 2.39 bits per heavy atom. The summed E-state index contributed by atoms with van der Waals surface area (Å²) in [6, 6.07) is 0.215. The summed E-state index contributed by atoms with van der Waals surface area (Å²) in [5.41, 5.74) is -0.157. The Morgan fingerprint density at radius 2 is 1.85 bits per heavy atom. The van der Waals surface area contributed by atoms with Crippen molar-refractivity contribution in [3.63, 3.8) is 0 Å². The summed E-state index contributed by atoms with van der Waals surface area (Å²) in [4.78, 5) is 25.1. The number of halogens is 1. The van der Waals surface area contributed by atoms with Crippen molar-refractivity contribution in [2.24, 2.45) is 12.2 Å². The number of ether oxygens (including phenoxy) is 3. The molecule has 0 aromatic carbocycles. The van der Waals surface area contributed by atoms with Crippen molar-refractivity contribution in [3.8, 4) is 11.8 Å². The molecule has 0 fully saturated rings. The monoisotopic (exact) mass is 505 g/mol. The molecular formula is C17H24ClN7O7S. The third kappa shape index (κ3) is 6.13. The lowest BCUT2D eigenvalue weighted by Gasteiger charge is -2.20. The molecule has 0 bridgehead atoms. The minimum atomic E-state index is -4.50. The SMILES string of the molecule is CC.COc1cc(OC)nc(NC(=O)NS(=O)(=O)c2c(C3=NOCC(C)O3)c(Cl)nn2C)n1. The lowest BCUT2D eigenvalue weighted by Crippen LogP contribution is -2.37. The second-order valence-electron chi connectivity index (χ2n) is 6.05. The Morgan fingerprint density at radius 1 is 1.24 bits per heavy atom. The summed E-state index contributed by atoms with van der Waals surface area (Å²) < 4.78 is 44.1. The number of oxime groups is 1. The first kappa shape index (κ1) is 25.9. The topological polar surface area (TPSA) is 168 Å². The fraction of sp³-hybridized carbons (Fsp3) is 0.471. The van der Waals surface area contributed by atoms with Gasteiger partial charge in [0.1, 0.15) is 11.7 Å². The molecule has 1 unspecified atom stereocenters. The average Bonchev–Trinajstić information content (AvgIpc) is 3.08. The zero-order valence-corrected chi connectivity index (χ0v) is 20.3. The minimum absolute atomic E-state index is 0.0901. The number of nitrogens with one attached hydrogen (secondary N) is 2. The molecule has 2 N–H and O–H groups in total. The first-order chi connectivity index (χ1) is 15.6. The molecule has 2 aromatic heterocycles. The molecule has 0 aliphatic carbocycles. The maximum Gasteiger partial charge on any atom is 0.335 e. The lowest BCUT2D eigenvalue weighted by atomic mass is 10.3. The van der Waals surface area contributed by atoms with Gasteiger partial charge in [0.05, 0.1) is 20.3 Å². The molecule has 0 spiro atoms. The highest BCUT2D eigenvalue weighted by atomic mass is 35.5. The number of urea groups is 1. The second-order valence-corrected chi connectivity index (χ2v) is 8.01. The molecule has 3 heterocycles. The number of methoxy groups -OCH3 is 2. The van der Waals surface area contributed by atoms with Crippen molar-refractivity contribution in [1.29, 1.82) is 0 Å². The molecule has 0 saturated heterocycles. The van der Waals surface area contributed by atoms with E-state index in [-0.39, 0.29) is 40.9 Å². The van der Waals surface area contributed by atoms with Crippen molar-refractivity contribution < 1.29 is 32.3 Å². The third-order valence-electron chi connectivity index (χ3n) is 3.74. The number of hydrogen-bond donors (Lipinski definition) is 2. The molecule has 182 valence electrons. The van der Waals surface area contributed by atoms with E-state index in [4.69, 9.17) is 30.6 Å². The summed E-state index contributed by atoms with van der Waals surface area (Å²) in [6.07, 6.45) is -0.407. The number of anilines is 1. The highest BCUT2D eigenvalue weighted by molar-refractivity contribution is 7.90. The highest BCUT2D eigenvalue weighted by Gasteiger charge is 2.34. The number of aromatic nitrogens is 4. The van der Waals surface area contributed by atoms with Gasteiger partial charge in [-0.25, -0.2) is 9.52 Å². The molecule has 1 aliphatic heterocycles. The molecule has 2 aromatic rings. The molecule has 0 saturated carbocycles. The van der Waals surface area contributed by atoms with Crippen molar-refractivity contribution in [2.75, 3.05) is 26.1 Å². The van der Waals surface area contributed by atoms with Crippen LogP contribution in [-0.4, -0.2) is 67.0 Å². The van der Waals surface area contributed by atoms with Gasteiger partial charge in [0.15, 0.2) is 16.8 Å². The Bertz CT molecular complexity index is 1110. The van der Waals surface area contributed by atoms with Crippen LogP contribution in [0.25, 0.3) is 0 Å². The Kier molecular flexibility index (Phi) is 8.64. The van der Waals surface area contributed by atoms with Gasteiger partial charge in [-0.05, 0) is 12.1 Å². The van der Waals surface area contributed by atoms with Gasteiger partial charge in [-0.15, -0.1) is 0 Å². The van der Waals surface area contributed by atoms with Gasteiger partial charge in [-0.3, -0.25) is 10.00 Å². The summed E-state index contributed by atoms with van der Waals surface area (Å²) in [5.74, 6) is -0.257. The molecule has 2 amide bonds. The Hall–Kier alpha value is -3.33. The number of rotatable bonds is 6. The normalized spacial score (nSPS) is 15.1. The molecule has 3 rings (SSSR count). The molecule has 0 radical (unpaired) electrons. The van der Waals surface area contributed by atoms with Crippen molar-refractivity contribution in [1.82, 2.24) is 24.5 Å². The molecule has 16 heteroatoms. The van der Waals surface area contributed by atoms with Crippen molar-refractivity contribution >= 4 is 39.5 Å². The quantitative estimate of drug-likeness (QED) is 0.586. The number of nitrogens with zero attached hydrogens (tertiary/aromatic N) is 5. The van der Waals surface area contributed by atoms with Gasteiger partial charge in [0, 0.05) is 7.05 Å². The van der Waals surface area contributed by atoms with Crippen LogP contribution in [0.2, 0.25) is 5.15 Å². The van der Waals surface area contributed by atoms with Crippen LogP contribution in [0.1, 0.15) is 26.3 Å². The summed E-state index contributed by atoms with van der Waals surface area (Å²) >= 11 is 6.08. The van der Waals surface area contributed by atoms with E-state index in [0.717, 1.165) is 4.68 Å². The van der Waals surface area contributed by atoms with Crippen LogP contribution in [0.5, 0.6) is 11.8 Å².